The molecule has 1 fully saturated rings. The molecule has 0 aromatic rings. The molecule has 1 aliphatic heterocycles. The molecule has 0 N–H and O–H groups in total. The topological polar surface area (TPSA) is 78.3 Å². The molecule has 1 rings (SSSR count). The maximum atomic E-state index is 11.3. The smallest absolute Gasteiger partial charge is 0.409 e. The predicted octanol–water partition coefficient (Wildman–Crippen LogP) is 2.17. The van der Waals surface area contributed by atoms with E-state index in [2.05, 4.69) is 10.0 Å². The molecule has 1 aliphatic rings. The van der Waals surface area contributed by atoms with Gasteiger partial charge in [0.2, 0.25) is 0 Å². The van der Waals surface area contributed by atoms with Crippen LogP contribution in [-0.2, 0) is 4.74 Å². The van der Waals surface area contributed by atoms with E-state index in [0.29, 0.717) is 32.2 Å². The van der Waals surface area contributed by atoms with E-state index in [1.807, 2.05) is 0 Å². The Balaban J connectivity index is 2.28. The zero-order chi connectivity index (χ0) is 11.1. The maximum absolute atomic E-state index is 11.3. The molecule has 1 saturated heterocycles. The molecule has 0 atom stereocenters. The second-order valence-electron chi connectivity index (χ2n) is 3.54. The van der Waals surface area contributed by atoms with Crippen molar-refractivity contribution in [1.29, 1.82) is 0 Å². The Morgan fingerprint density at radius 3 is 2.80 bits per heavy atom. The fraction of sp³-hybridized carbons (Fsp3) is 0.889. The first kappa shape index (κ1) is 11.7. The Kier molecular flexibility index (Phi) is 4.77. The molecule has 84 valence electrons. The first-order valence-electron chi connectivity index (χ1n) is 5.20. The molecule has 6 nitrogen and oxygen atoms in total. The van der Waals surface area contributed by atoms with Crippen LogP contribution in [0.25, 0.3) is 10.4 Å². The van der Waals surface area contributed by atoms with Crippen molar-refractivity contribution < 1.29 is 9.53 Å². The van der Waals surface area contributed by atoms with Gasteiger partial charge in [-0.3, -0.25) is 0 Å². The molecule has 0 spiro atoms. The van der Waals surface area contributed by atoms with Gasteiger partial charge in [0.25, 0.3) is 0 Å². The van der Waals surface area contributed by atoms with Gasteiger partial charge in [0.1, 0.15) is 0 Å². The molecule has 0 aliphatic carbocycles. The summed E-state index contributed by atoms with van der Waals surface area (Å²) >= 11 is 0. The third-order valence-electron chi connectivity index (χ3n) is 2.54. The number of amides is 1. The highest BCUT2D eigenvalue weighted by atomic mass is 16.6. The predicted molar refractivity (Wildman–Crippen MR) is 55.3 cm³/mol. The molecule has 6 heteroatoms. The number of carbonyl (C=O) groups excluding carboxylic acids is 1. The van der Waals surface area contributed by atoms with E-state index in [-0.39, 0.29) is 6.09 Å². The number of carbonyl (C=O) groups is 1. The van der Waals surface area contributed by atoms with Crippen molar-refractivity contribution in [2.45, 2.75) is 19.8 Å². The second kappa shape index (κ2) is 6.14. The summed E-state index contributed by atoms with van der Waals surface area (Å²) in [6, 6.07) is 0. The van der Waals surface area contributed by atoms with Gasteiger partial charge in [-0.2, -0.15) is 0 Å². The highest BCUT2D eigenvalue weighted by Crippen LogP contribution is 2.17. The van der Waals surface area contributed by atoms with Crippen LogP contribution in [0, 0.1) is 5.92 Å². The largest absolute Gasteiger partial charge is 0.450 e. The van der Waals surface area contributed by atoms with Crippen LogP contribution < -0.4 is 0 Å². The third-order valence-corrected chi connectivity index (χ3v) is 2.54. The number of hydrogen-bond acceptors (Lipinski definition) is 3. The normalized spacial score (nSPS) is 17.0. The lowest BCUT2D eigenvalue weighted by molar-refractivity contribution is 0.0925. The summed E-state index contributed by atoms with van der Waals surface area (Å²) < 4.78 is 4.90. The molecule has 0 radical (unpaired) electrons. The van der Waals surface area contributed by atoms with Gasteiger partial charge in [-0.15, -0.1) is 0 Å². The SMILES string of the molecule is CCOC(=O)N1CCC(CN=[N+]=[N-])CC1. The van der Waals surface area contributed by atoms with Gasteiger partial charge in [0.15, 0.2) is 0 Å². The number of ether oxygens (including phenoxy) is 1. The summed E-state index contributed by atoms with van der Waals surface area (Å²) in [6.45, 7) is 4.14. The van der Waals surface area contributed by atoms with E-state index in [4.69, 9.17) is 10.3 Å². The summed E-state index contributed by atoms with van der Waals surface area (Å²) in [5.41, 5.74) is 8.18. The van der Waals surface area contributed by atoms with Crippen LogP contribution >= 0.6 is 0 Å². The average molecular weight is 212 g/mol. The van der Waals surface area contributed by atoms with Crippen LogP contribution in [0.5, 0.6) is 0 Å². The molecule has 1 heterocycles. The van der Waals surface area contributed by atoms with E-state index in [1.54, 1.807) is 11.8 Å². The summed E-state index contributed by atoms with van der Waals surface area (Å²) in [5.74, 6) is 0.409. The summed E-state index contributed by atoms with van der Waals surface area (Å²) in [5, 5.41) is 3.55. The highest BCUT2D eigenvalue weighted by Gasteiger charge is 2.22. The summed E-state index contributed by atoms with van der Waals surface area (Å²) in [6.07, 6.45) is 1.54. The Labute approximate surface area is 88.8 Å². The van der Waals surface area contributed by atoms with E-state index in [0.717, 1.165) is 12.8 Å². The molecule has 15 heavy (non-hydrogen) atoms. The van der Waals surface area contributed by atoms with Crippen LogP contribution in [0.1, 0.15) is 19.8 Å². The Morgan fingerprint density at radius 2 is 2.27 bits per heavy atom. The van der Waals surface area contributed by atoms with Crippen LogP contribution in [0.4, 0.5) is 4.79 Å². The van der Waals surface area contributed by atoms with E-state index in [1.165, 1.54) is 0 Å². The molecule has 0 unspecified atom stereocenters. The van der Waals surface area contributed by atoms with E-state index >= 15 is 0 Å². The summed E-state index contributed by atoms with van der Waals surface area (Å²) in [7, 11) is 0. The number of azide groups is 1. The lowest BCUT2D eigenvalue weighted by Gasteiger charge is -2.30. The van der Waals surface area contributed by atoms with Gasteiger partial charge < -0.3 is 9.64 Å². The number of nitrogens with zero attached hydrogens (tertiary/aromatic N) is 4. The molecular weight excluding hydrogens is 196 g/mol. The molecule has 0 bridgehead atoms. The van der Waals surface area contributed by atoms with Crippen molar-refractivity contribution in [2.24, 2.45) is 11.0 Å². The first-order chi connectivity index (χ1) is 7.27. The van der Waals surface area contributed by atoms with Crippen molar-refractivity contribution in [2.75, 3.05) is 26.2 Å². The quantitative estimate of drug-likeness (QED) is 0.408. The standard InChI is InChI=1S/C9H16N4O2/c1-2-15-9(14)13-5-3-8(4-6-13)7-11-12-10/h8H,2-7H2,1H3. The lowest BCUT2D eigenvalue weighted by Crippen LogP contribution is -2.39. The average Bonchev–Trinajstić information content (AvgIpc) is 2.27. The number of likely N-dealkylation sites (tertiary alicyclic amines) is 1. The van der Waals surface area contributed by atoms with Crippen molar-refractivity contribution in [3.63, 3.8) is 0 Å². The molecular formula is C9H16N4O2. The van der Waals surface area contributed by atoms with Gasteiger partial charge in [-0.05, 0) is 31.2 Å². The zero-order valence-corrected chi connectivity index (χ0v) is 8.93. The minimum Gasteiger partial charge on any atom is -0.450 e. The first-order valence-corrected chi connectivity index (χ1v) is 5.20. The van der Waals surface area contributed by atoms with E-state index in [9.17, 15) is 4.79 Å². The Bertz CT molecular complexity index is 255. The summed E-state index contributed by atoms with van der Waals surface area (Å²) in [4.78, 5) is 15.8. The maximum Gasteiger partial charge on any atom is 0.409 e. The van der Waals surface area contributed by atoms with Gasteiger partial charge in [-0.1, -0.05) is 5.11 Å². The minimum absolute atomic E-state index is 0.236. The Hall–Kier alpha value is -1.42. The highest BCUT2D eigenvalue weighted by molar-refractivity contribution is 5.67. The van der Waals surface area contributed by atoms with Crippen molar-refractivity contribution in [1.82, 2.24) is 4.90 Å². The monoisotopic (exact) mass is 212 g/mol. The van der Waals surface area contributed by atoms with Crippen LogP contribution in [0.15, 0.2) is 5.11 Å². The molecule has 0 saturated carbocycles. The van der Waals surface area contributed by atoms with Gasteiger partial charge in [-0.25, -0.2) is 4.79 Å². The van der Waals surface area contributed by atoms with Crippen LogP contribution in [0.2, 0.25) is 0 Å². The zero-order valence-electron chi connectivity index (χ0n) is 8.93. The number of rotatable bonds is 3. The van der Waals surface area contributed by atoms with Gasteiger partial charge >= 0.3 is 6.09 Å². The van der Waals surface area contributed by atoms with E-state index < -0.39 is 0 Å². The molecule has 0 aromatic carbocycles. The van der Waals surface area contributed by atoms with Crippen LogP contribution in [-0.4, -0.2) is 37.2 Å². The van der Waals surface area contributed by atoms with Crippen molar-refractivity contribution >= 4 is 6.09 Å². The minimum atomic E-state index is -0.236. The lowest BCUT2D eigenvalue weighted by atomic mass is 9.97. The number of piperidine rings is 1. The third kappa shape index (κ3) is 3.67. The Morgan fingerprint density at radius 1 is 1.60 bits per heavy atom. The molecule has 0 aromatic heterocycles. The number of hydrogen-bond donors (Lipinski definition) is 0. The van der Waals surface area contributed by atoms with Gasteiger partial charge in [0.05, 0.1) is 6.61 Å². The van der Waals surface area contributed by atoms with Crippen molar-refractivity contribution in [3.05, 3.63) is 10.4 Å². The van der Waals surface area contributed by atoms with Crippen LogP contribution in [0.3, 0.4) is 0 Å². The van der Waals surface area contributed by atoms with Crippen molar-refractivity contribution in [3.8, 4) is 0 Å². The second-order valence-corrected chi connectivity index (χ2v) is 3.54. The fourth-order valence-electron chi connectivity index (χ4n) is 1.66. The molecule has 1 amide bonds. The fourth-order valence-corrected chi connectivity index (χ4v) is 1.66. The van der Waals surface area contributed by atoms with Gasteiger partial charge in [0, 0.05) is 24.5 Å².